The first-order valence-corrected chi connectivity index (χ1v) is 6.47. The molecule has 0 aliphatic rings. The molecule has 0 radical (unpaired) electrons. The van der Waals surface area contributed by atoms with Crippen molar-refractivity contribution in [3.05, 3.63) is 29.8 Å². The summed E-state index contributed by atoms with van der Waals surface area (Å²) >= 11 is 1.30. The maximum absolute atomic E-state index is 13.6. The van der Waals surface area contributed by atoms with Crippen molar-refractivity contribution in [2.45, 2.75) is 43.9 Å². The molecule has 2 atom stereocenters. The first kappa shape index (κ1) is 14.5. The minimum absolute atomic E-state index is 0.0267. The summed E-state index contributed by atoms with van der Waals surface area (Å²) in [5.41, 5.74) is 5.85. The molecule has 0 bridgehead atoms. The van der Waals surface area contributed by atoms with Crippen LogP contribution in [0.1, 0.15) is 27.7 Å². The molecule has 96 valence electrons. The third-order valence-electron chi connectivity index (χ3n) is 2.48. The van der Waals surface area contributed by atoms with E-state index < -0.39 is 11.6 Å². The third kappa shape index (κ3) is 3.96. The van der Waals surface area contributed by atoms with Gasteiger partial charge >= 0.3 is 0 Å². The molecule has 0 aromatic heterocycles. The number of hydrogen-bond donors (Lipinski definition) is 1. The van der Waals surface area contributed by atoms with Crippen molar-refractivity contribution in [1.82, 2.24) is 0 Å². The minimum Gasteiger partial charge on any atom is -0.327 e. The highest BCUT2D eigenvalue weighted by Crippen LogP contribution is 2.38. The molecule has 2 N–H and O–H groups in total. The van der Waals surface area contributed by atoms with Crippen molar-refractivity contribution in [1.29, 1.82) is 0 Å². The van der Waals surface area contributed by atoms with E-state index in [1.54, 1.807) is 0 Å². The van der Waals surface area contributed by atoms with Gasteiger partial charge in [0.1, 0.15) is 11.6 Å². The van der Waals surface area contributed by atoms with Crippen molar-refractivity contribution in [2.24, 2.45) is 11.1 Å². The average Bonchev–Trinajstić information content (AvgIpc) is 2.17. The molecule has 17 heavy (non-hydrogen) atoms. The summed E-state index contributed by atoms with van der Waals surface area (Å²) in [4.78, 5) is 0.322. The molecule has 0 amide bonds. The Hall–Kier alpha value is -0.610. The molecule has 0 saturated heterocycles. The summed E-state index contributed by atoms with van der Waals surface area (Å²) in [6, 6.07) is 3.40. The van der Waals surface area contributed by atoms with E-state index in [1.165, 1.54) is 17.8 Å². The zero-order valence-electron chi connectivity index (χ0n) is 10.6. The summed E-state index contributed by atoms with van der Waals surface area (Å²) in [7, 11) is 0. The van der Waals surface area contributed by atoms with Crippen molar-refractivity contribution in [2.75, 3.05) is 0 Å². The van der Waals surface area contributed by atoms with E-state index in [4.69, 9.17) is 5.73 Å². The zero-order chi connectivity index (χ0) is 13.2. The monoisotopic (exact) mass is 259 g/mol. The van der Waals surface area contributed by atoms with E-state index in [2.05, 4.69) is 0 Å². The largest absolute Gasteiger partial charge is 0.327 e. The third-order valence-corrected chi connectivity index (χ3v) is 4.44. The zero-order valence-corrected chi connectivity index (χ0v) is 11.4. The van der Waals surface area contributed by atoms with Gasteiger partial charge in [-0.25, -0.2) is 8.78 Å². The van der Waals surface area contributed by atoms with E-state index in [0.29, 0.717) is 4.90 Å². The normalized spacial score (nSPS) is 15.7. The Morgan fingerprint density at radius 2 is 1.82 bits per heavy atom. The molecule has 0 fully saturated rings. The molecular formula is C13H19F2NS. The van der Waals surface area contributed by atoms with Crippen LogP contribution >= 0.6 is 11.8 Å². The topological polar surface area (TPSA) is 26.0 Å². The smallest absolute Gasteiger partial charge is 0.136 e. The van der Waals surface area contributed by atoms with Crippen LogP contribution in [0.25, 0.3) is 0 Å². The lowest BCUT2D eigenvalue weighted by atomic mass is 9.88. The fourth-order valence-corrected chi connectivity index (χ4v) is 2.98. The number of thioether (sulfide) groups is 1. The molecule has 4 heteroatoms. The molecule has 0 heterocycles. The molecule has 0 spiro atoms. The summed E-state index contributed by atoms with van der Waals surface area (Å²) in [6.45, 7) is 8.03. The first-order chi connectivity index (χ1) is 7.71. The summed E-state index contributed by atoms with van der Waals surface area (Å²) in [6.07, 6.45) is 0. The van der Waals surface area contributed by atoms with E-state index in [9.17, 15) is 8.78 Å². The predicted octanol–water partition coefficient (Wildman–Crippen LogP) is 3.82. The van der Waals surface area contributed by atoms with Crippen LogP contribution in [0.2, 0.25) is 0 Å². The lowest BCUT2D eigenvalue weighted by Crippen LogP contribution is -2.38. The number of hydrogen-bond acceptors (Lipinski definition) is 2. The first-order valence-electron chi connectivity index (χ1n) is 5.59. The minimum atomic E-state index is -0.425. The van der Waals surface area contributed by atoms with Crippen LogP contribution in [-0.2, 0) is 0 Å². The van der Waals surface area contributed by atoms with Crippen LogP contribution in [0.3, 0.4) is 0 Å². The quantitative estimate of drug-likeness (QED) is 0.835. The maximum Gasteiger partial charge on any atom is 0.136 e. The van der Waals surface area contributed by atoms with Crippen molar-refractivity contribution in [3.63, 3.8) is 0 Å². The molecule has 0 saturated carbocycles. The fraction of sp³-hybridized carbons (Fsp3) is 0.538. The van der Waals surface area contributed by atoms with Crippen LogP contribution in [0, 0.1) is 17.0 Å². The lowest BCUT2D eigenvalue weighted by Gasteiger charge is -2.33. The Morgan fingerprint density at radius 1 is 1.24 bits per heavy atom. The average molecular weight is 259 g/mol. The van der Waals surface area contributed by atoms with Gasteiger partial charge in [-0.3, -0.25) is 0 Å². The maximum atomic E-state index is 13.6. The van der Waals surface area contributed by atoms with E-state index in [-0.39, 0.29) is 16.7 Å². The number of rotatable bonds is 3. The Bertz CT molecular complexity index is 385. The Balaban J connectivity index is 2.98. The van der Waals surface area contributed by atoms with Crippen LogP contribution < -0.4 is 5.73 Å². The second-order valence-corrected chi connectivity index (χ2v) is 6.52. The second-order valence-electron chi connectivity index (χ2n) is 5.34. The van der Waals surface area contributed by atoms with E-state index >= 15 is 0 Å². The molecular weight excluding hydrogens is 240 g/mol. The van der Waals surface area contributed by atoms with Gasteiger partial charge < -0.3 is 5.73 Å². The van der Waals surface area contributed by atoms with Gasteiger partial charge in [0.25, 0.3) is 0 Å². The lowest BCUT2D eigenvalue weighted by molar-refractivity contribution is 0.363. The van der Waals surface area contributed by atoms with Gasteiger partial charge in [-0.05, 0) is 30.5 Å². The van der Waals surface area contributed by atoms with Crippen LogP contribution in [0.5, 0.6) is 0 Å². The van der Waals surface area contributed by atoms with Gasteiger partial charge in [0.05, 0.1) is 0 Å². The molecule has 1 aromatic rings. The highest BCUT2D eigenvalue weighted by Gasteiger charge is 2.29. The van der Waals surface area contributed by atoms with Gasteiger partial charge in [0.2, 0.25) is 0 Å². The Morgan fingerprint density at radius 3 is 2.29 bits per heavy atom. The van der Waals surface area contributed by atoms with Crippen molar-refractivity contribution >= 4 is 11.8 Å². The summed E-state index contributed by atoms with van der Waals surface area (Å²) in [5, 5.41) is 0.0267. The van der Waals surface area contributed by atoms with Gasteiger partial charge in [0, 0.05) is 16.2 Å². The fourth-order valence-electron chi connectivity index (χ4n) is 1.78. The number of nitrogens with two attached hydrogens (primary N) is 1. The van der Waals surface area contributed by atoms with E-state index in [0.717, 1.165) is 12.1 Å². The predicted molar refractivity (Wildman–Crippen MR) is 69.1 cm³/mol. The molecule has 0 aliphatic carbocycles. The van der Waals surface area contributed by atoms with Crippen LogP contribution in [-0.4, -0.2) is 11.3 Å². The molecule has 2 unspecified atom stereocenters. The number of benzene rings is 1. The standard InChI is InChI=1S/C13H19F2NS/c1-8(16)12(13(2,3)4)17-11-7-9(14)5-6-10(11)15/h5-8,12H,16H2,1-4H3. The molecule has 1 rings (SSSR count). The van der Waals surface area contributed by atoms with Gasteiger partial charge in [0.15, 0.2) is 0 Å². The SMILES string of the molecule is CC(N)C(Sc1cc(F)ccc1F)C(C)(C)C. The molecule has 1 nitrogen and oxygen atoms in total. The molecule has 0 aliphatic heterocycles. The van der Waals surface area contributed by atoms with Crippen LogP contribution in [0.15, 0.2) is 23.1 Å². The van der Waals surface area contributed by atoms with Gasteiger partial charge in [-0.1, -0.05) is 20.8 Å². The van der Waals surface area contributed by atoms with Crippen LogP contribution in [0.4, 0.5) is 8.78 Å². The Labute approximate surface area is 106 Å². The second kappa shape index (κ2) is 5.36. The highest BCUT2D eigenvalue weighted by atomic mass is 32.2. The van der Waals surface area contributed by atoms with E-state index in [1.807, 2.05) is 27.7 Å². The highest BCUT2D eigenvalue weighted by molar-refractivity contribution is 8.00. The van der Waals surface area contributed by atoms with Gasteiger partial charge in [-0.2, -0.15) is 0 Å². The molecule has 1 aromatic carbocycles. The summed E-state index contributed by atoms with van der Waals surface area (Å²) in [5.74, 6) is -0.822. The Kier molecular flexibility index (Phi) is 4.55. The summed E-state index contributed by atoms with van der Waals surface area (Å²) < 4.78 is 26.6. The van der Waals surface area contributed by atoms with Crippen molar-refractivity contribution in [3.8, 4) is 0 Å². The van der Waals surface area contributed by atoms with Gasteiger partial charge in [-0.15, -0.1) is 11.8 Å². The number of halogens is 2. The van der Waals surface area contributed by atoms with Crippen molar-refractivity contribution < 1.29 is 8.78 Å².